The topological polar surface area (TPSA) is 73.0 Å². The number of nitrogens with one attached hydrogen (secondary N) is 1. The number of aryl methyl sites for hydroxylation is 1. The van der Waals surface area contributed by atoms with Gasteiger partial charge in [0.05, 0.1) is 6.61 Å². The van der Waals surface area contributed by atoms with Gasteiger partial charge in [-0.3, -0.25) is 4.90 Å². The van der Waals surface area contributed by atoms with Gasteiger partial charge in [0.1, 0.15) is 30.3 Å². The first kappa shape index (κ1) is 25.7. The molecule has 1 N–H and O–H groups in total. The van der Waals surface area contributed by atoms with E-state index in [0.717, 1.165) is 33.5 Å². The smallest absolute Gasteiger partial charge is 0.416 e. The first-order valence-corrected chi connectivity index (χ1v) is 13.5. The standard InChI is InChI=1S/C31H31ClN2O5/c1-19-4-9-23(10-5-19)38-30(35)34-15-14-25-26-16-21(32)8-13-27(26)33-28(25)29(34)20-6-11-22(12-7-20)36-17-24-18-37-31(2,3)39-24/h4-13,16,24,29,33H,14-15,17-18H2,1-3H3. The molecule has 6 rings (SSSR count). The van der Waals surface area contributed by atoms with Gasteiger partial charge in [0.15, 0.2) is 5.79 Å². The van der Waals surface area contributed by atoms with Gasteiger partial charge in [0, 0.05) is 28.2 Å². The molecule has 3 aromatic carbocycles. The number of carbonyl (C=O) groups is 1. The number of fused-ring (bicyclic) bond motifs is 3. The summed E-state index contributed by atoms with van der Waals surface area (Å²) >= 11 is 6.33. The van der Waals surface area contributed by atoms with Crippen molar-refractivity contribution < 1.29 is 23.7 Å². The third-order valence-electron chi connectivity index (χ3n) is 7.25. The van der Waals surface area contributed by atoms with Crippen LogP contribution in [0.2, 0.25) is 5.02 Å². The van der Waals surface area contributed by atoms with E-state index >= 15 is 0 Å². The van der Waals surface area contributed by atoms with Crippen LogP contribution in [0, 0.1) is 6.92 Å². The van der Waals surface area contributed by atoms with Gasteiger partial charge in [-0.25, -0.2) is 4.79 Å². The monoisotopic (exact) mass is 546 g/mol. The molecule has 1 amide bonds. The molecule has 0 spiro atoms. The summed E-state index contributed by atoms with van der Waals surface area (Å²) in [6.07, 6.45) is 0.175. The molecule has 1 fully saturated rings. The molecular weight excluding hydrogens is 516 g/mol. The fourth-order valence-corrected chi connectivity index (χ4v) is 5.52. The zero-order valence-corrected chi connectivity index (χ0v) is 23.0. The maximum absolute atomic E-state index is 13.5. The number of ether oxygens (including phenoxy) is 4. The molecule has 1 saturated heterocycles. The van der Waals surface area contributed by atoms with Gasteiger partial charge in [0.25, 0.3) is 0 Å². The van der Waals surface area contributed by atoms with Crippen molar-refractivity contribution in [2.75, 3.05) is 19.8 Å². The number of amides is 1. The van der Waals surface area contributed by atoms with Crippen molar-refractivity contribution in [2.45, 2.75) is 45.1 Å². The summed E-state index contributed by atoms with van der Waals surface area (Å²) in [6.45, 7) is 7.20. The fraction of sp³-hybridized carbons (Fsp3) is 0.323. The number of aromatic nitrogens is 1. The number of halogens is 1. The van der Waals surface area contributed by atoms with Crippen molar-refractivity contribution in [3.63, 3.8) is 0 Å². The maximum Gasteiger partial charge on any atom is 0.416 e. The average molecular weight is 547 g/mol. The van der Waals surface area contributed by atoms with E-state index in [1.807, 2.05) is 87.5 Å². The number of carbonyl (C=O) groups excluding carboxylic acids is 1. The molecule has 2 aliphatic heterocycles. The predicted octanol–water partition coefficient (Wildman–Crippen LogP) is 6.81. The van der Waals surface area contributed by atoms with Crippen molar-refractivity contribution in [1.29, 1.82) is 0 Å². The van der Waals surface area contributed by atoms with Gasteiger partial charge in [-0.05, 0) is 80.8 Å². The molecular formula is C31H31ClN2O5. The van der Waals surface area contributed by atoms with Crippen LogP contribution >= 0.6 is 11.6 Å². The predicted molar refractivity (Wildman–Crippen MR) is 150 cm³/mol. The van der Waals surface area contributed by atoms with Crippen LogP contribution in [0.5, 0.6) is 11.5 Å². The van der Waals surface area contributed by atoms with E-state index in [-0.39, 0.29) is 12.1 Å². The van der Waals surface area contributed by atoms with E-state index in [1.165, 1.54) is 5.56 Å². The summed E-state index contributed by atoms with van der Waals surface area (Å²) in [5.74, 6) is 0.653. The number of benzene rings is 3. The summed E-state index contributed by atoms with van der Waals surface area (Å²) in [4.78, 5) is 18.8. The molecule has 3 heterocycles. The van der Waals surface area contributed by atoms with Gasteiger partial charge >= 0.3 is 6.09 Å². The zero-order valence-electron chi connectivity index (χ0n) is 22.2. The number of hydrogen-bond acceptors (Lipinski definition) is 5. The van der Waals surface area contributed by atoms with Crippen LogP contribution in [-0.2, 0) is 15.9 Å². The lowest BCUT2D eigenvalue weighted by Crippen LogP contribution is -2.42. The first-order valence-electron chi connectivity index (χ1n) is 13.2. The second kappa shape index (κ2) is 10.2. The van der Waals surface area contributed by atoms with Gasteiger partial charge in [-0.15, -0.1) is 0 Å². The van der Waals surface area contributed by atoms with E-state index < -0.39 is 11.9 Å². The molecule has 39 heavy (non-hydrogen) atoms. The van der Waals surface area contributed by atoms with Gasteiger partial charge < -0.3 is 23.9 Å². The highest BCUT2D eigenvalue weighted by Crippen LogP contribution is 2.40. The van der Waals surface area contributed by atoms with Crippen molar-refractivity contribution >= 4 is 28.6 Å². The van der Waals surface area contributed by atoms with Crippen molar-refractivity contribution in [3.8, 4) is 11.5 Å². The Morgan fingerprint density at radius 2 is 1.82 bits per heavy atom. The van der Waals surface area contributed by atoms with Crippen molar-refractivity contribution in [1.82, 2.24) is 9.88 Å². The van der Waals surface area contributed by atoms with Gasteiger partial charge in [0.2, 0.25) is 0 Å². The minimum Gasteiger partial charge on any atom is -0.491 e. The number of nitrogens with zero attached hydrogens (tertiary/aromatic N) is 1. The maximum atomic E-state index is 13.5. The van der Waals surface area contributed by atoms with E-state index in [1.54, 1.807) is 4.90 Å². The Labute approximate surface area is 232 Å². The van der Waals surface area contributed by atoms with Crippen LogP contribution in [0.25, 0.3) is 10.9 Å². The Balaban J connectivity index is 1.29. The second-order valence-corrected chi connectivity index (χ2v) is 11.0. The second-order valence-electron chi connectivity index (χ2n) is 10.6. The summed E-state index contributed by atoms with van der Waals surface area (Å²) < 4.78 is 23.3. The third-order valence-corrected chi connectivity index (χ3v) is 7.48. The normalized spacial score (nSPS) is 20.2. The Hall–Kier alpha value is -3.52. The minimum absolute atomic E-state index is 0.120. The SMILES string of the molecule is Cc1ccc(OC(=O)N2CCc3c([nH]c4ccc(Cl)cc34)C2c2ccc(OCC3COC(C)(C)O3)cc2)cc1. The molecule has 0 aliphatic carbocycles. The van der Waals surface area contributed by atoms with E-state index in [9.17, 15) is 4.79 Å². The molecule has 2 atom stereocenters. The van der Waals surface area contributed by atoms with E-state index in [2.05, 4.69) is 4.98 Å². The minimum atomic E-state index is -0.586. The lowest BCUT2D eigenvalue weighted by atomic mass is 9.92. The summed E-state index contributed by atoms with van der Waals surface area (Å²) in [7, 11) is 0. The molecule has 4 aromatic rings. The van der Waals surface area contributed by atoms with Gasteiger partial charge in [-0.2, -0.15) is 0 Å². The highest BCUT2D eigenvalue weighted by Gasteiger charge is 2.36. The molecule has 0 saturated carbocycles. The lowest BCUT2D eigenvalue weighted by Gasteiger charge is -2.35. The van der Waals surface area contributed by atoms with E-state index in [0.29, 0.717) is 37.0 Å². The zero-order chi connectivity index (χ0) is 27.1. The first-order chi connectivity index (χ1) is 18.8. The van der Waals surface area contributed by atoms with Gasteiger partial charge in [-0.1, -0.05) is 41.4 Å². The lowest BCUT2D eigenvalue weighted by molar-refractivity contribution is -0.141. The van der Waals surface area contributed by atoms with Crippen LogP contribution < -0.4 is 9.47 Å². The Morgan fingerprint density at radius 1 is 1.08 bits per heavy atom. The molecule has 7 nitrogen and oxygen atoms in total. The molecule has 8 heteroatoms. The molecule has 0 radical (unpaired) electrons. The highest BCUT2D eigenvalue weighted by atomic mass is 35.5. The van der Waals surface area contributed by atoms with Crippen LogP contribution in [0.1, 0.15) is 42.3 Å². The summed E-state index contributed by atoms with van der Waals surface area (Å²) in [6, 6.07) is 20.8. The molecule has 202 valence electrons. The number of hydrogen-bond donors (Lipinski definition) is 1. The molecule has 1 aromatic heterocycles. The quantitative estimate of drug-likeness (QED) is 0.298. The number of rotatable bonds is 5. The van der Waals surface area contributed by atoms with Crippen molar-refractivity contribution in [3.05, 3.63) is 94.1 Å². The largest absolute Gasteiger partial charge is 0.491 e. The van der Waals surface area contributed by atoms with E-state index in [4.69, 9.17) is 30.5 Å². The van der Waals surface area contributed by atoms with Crippen molar-refractivity contribution in [2.24, 2.45) is 0 Å². The Bertz CT molecular complexity index is 1500. The summed E-state index contributed by atoms with van der Waals surface area (Å²) in [5.41, 5.74) is 5.17. The number of aromatic amines is 1. The summed E-state index contributed by atoms with van der Waals surface area (Å²) in [5, 5.41) is 1.76. The third kappa shape index (κ3) is 5.35. The Morgan fingerprint density at radius 3 is 2.54 bits per heavy atom. The molecule has 0 bridgehead atoms. The molecule has 2 unspecified atom stereocenters. The van der Waals surface area contributed by atoms with Crippen LogP contribution in [0.15, 0.2) is 66.7 Å². The van der Waals surface area contributed by atoms with Crippen LogP contribution in [0.3, 0.4) is 0 Å². The molecule has 2 aliphatic rings. The van der Waals surface area contributed by atoms with Crippen LogP contribution in [-0.4, -0.2) is 47.6 Å². The average Bonchev–Trinajstić information content (AvgIpc) is 3.47. The Kier molecular flexibility index (Phi) is 6.75. The van der Waals surface area contributed by atoms with Crippen LogP contribution in [0.4, 0.5) is 4.79 Å². The fourth-order valence-electron chi connectivity index (χ4n) is 5.35. The highest BCUT2D eigenvalue weighted by molar-refractivity contribution is 6.31. The number of H-pyrrole nitrogens is 1.